The number of hydrogen-bond donors (Lipinski definition) is 0. The number of nitrogens with zero attached hydrogens (tertiary/aromatic N) is 4. The summed E-state index contributed by atoms with van der Waals surface area (Å²) < 4.78 is 8.80. The zero-order chi connectivity index (χ0) is 19.6. The summed E-state index contributed by atoms with van der Waals surface area (Å²) in [6.07, 6.45) is 3.66. The quantitative estimate of drug-likeness (QED) is 0.677. The molecule has 0 unspecified atom stereocenters. The van der Waals surface area contributed by atoms with E-state index >= 15 is 0 Å². The minimum absolute atomic E-state index is 0.00767. The average molecular weight is 445 g/mol. The van der Waals surface area contributed by atoms with E-state index in [4.69, 9.17) is 9.72 Å². The van der Waals surface area contributed by atoms with Crippen molar-refractivity contribution in [1.82, 2.24) is 14.5 Å². The molecule has 0 radical (unpaired) electrons. The third kappa shape index (κ3) is 2.65. The van der Waals surface area contributed by atoms with Gasteiger partial charge in [0.05, 0.1) is 12.1 Å². The maximum absolute atomic E-state index is 13.1. The Balaban J connectivity index is 1.59. The van der Waals surface area contributed by atoms with Crippen LogP contribution in [-0.4, -0.2) is 45.1 Å². The number of ether oxygens (including phenoxy) is 1. The van der Waals surface area contributed by atoms with Gasteiger partial charge in [-0.15, -0.1) is 0 Å². The van der Waals surface area contributed by atoms with Crippen molar-refractivity contribution in [3.8, 4) is 17.1 Å². The zero-order valence-electron chi connectivity index (χ0n) is 15.8. The van der Waals surface area contributed by atoms with Gasteiger partial charge >= 0.3 is 6.03 Å². The van der Waals surface area contributed by atoms with E-state index in [1.165, 1.54) is 4.90 Å². The SMILES string of the molecule is CC(C)[C@H]1C(=O)N(C2CC2)C(=O)N1c1cn2c(n1)-c1ccc(Br)cc1OCC2. The van der Waals surface area contributed by atoms with Gasteiger partial charge in [-0.1, -0.05) is 29.8 Å². The van der Waals surface area contributed by atoms with Crippen LogP contribution in [0.5, 0.6) is 5.75 Å². The number of imidazole rings is 1. The van der Waals surface area contributed by atoms with Gasteiger partial charge in [0.25, 0.3) is 5.91 Å². The van der Waals surface area contributed by atoms with Crippen LogP contribution >= 0.6 is 15.9 Å². The lowest BCUT2D eigenvalue weighted by molar-refractivity contribution is -0.128. The highest BCUT2D eigenvalue weighted by molar-refractivity contribution is 9.10. The van der Waals surface area contributed by atoms with Crippen molar-refractivity contribution in [3.05, 3.63) is 28.9 Å². The Labute approximate surface area is 171 Å². The molecule has 3 aliphatic rings. The van der Waals surface area contributed by atoms with Gasteiger partial charge in [-0.2, -0.15) is 0 Å². The summed E-state index contributed by atoms with van der Waals surface area (Å²) in [6.45, 7) is 5.09. The topological polar surface area (TPSA) is 67.7 Å². The molecule has 3 heterocycles. The molecule has 0 spiro atoms. The summed E-state index contributed by atoms with van der Waals surface area (Å²) in [6, 6.07) is 5.14. The van der Waals surface area contributed by atoms with Crippen LogP contribution in [0.4, 0.5) is 10.6 Å². The van der Waals surface area contributed by atoms with E-state index in [9.17, 15) is 9.59 Å². The zero-order valence-corrected chi connectivity index (χ0v) is 17.3. The Hall–Kier alpha value is -2.35. The molecule has 1 saturated carbocycles. The molecular weight excluding hydrogens is 424 g/mol. The number of anilines is 1. The smallest absolute Gasteiger partial charge is 0.333 e. The van der Waals surface area contributed by atoms with Crippen LogP contribution in [0.15, 0.2) is 28.9 Å². The monoisotopic (exact) mass is 444 g/mol. The molecule has 2 aliphatic heterocycles. The molecule has 1 atom stereocenters. The predicted octanol–water partition coefficient (Wildman–Crippen LogP) is 3.66. The van der Waals surface area contributed by atoms with Crippen molar-refractivity contribution in [2.45, 2.75) is 45.3 Å². The van der Waals surface area contributed by atoms with Gasteiger partial charge in [-0.25, -0.2) is 9.78 Å². The maximum Gasteiger partial charge on any atom is 0.333 e. The second-order valence-corrected chi connectivity index (χ2v) is 8.80. The lowest BCUT2D eigenvalue weighted by Gasteiger charge is -2.22. The van der Waals surface area contributed by atoms with Gasteiger partial charge in [0.1, 0.15) is 24.2 Å². The molecular formula is C20H21BrN4O3. The van der Waals surface area contributed by atoms with E-state index in [1.807, 2.05) is 42.8 Å². The van der Waals surface area contributed by atoms with Crippen LogP contribution in [0.3, 0.4) is 0 Å². The largest absolute Gasteiger partial charge is 0.491 e. The number of halogens is 1. The van der Waals surface area contributed by atoms with E-state index < -0.39 is 6.04 Å². The minimum atomic E-state index is -0.507. The molecule has 3 amide bonds. The molecule has 2 aromatic rings. The molecule has 0 N–H and O–H groups in total. The van der Waals surface area contributed by atoms with Crippen LogP contribution in [0.2, 0.25) is 0 Å². The highest BCUT2D eigenvalue weighted by Gasteiger charge is 2.53. The van der Waals surface area contributed by atoms with Gasteiger partial charge in [0.15, 0.2) is 5.82 Å². The first-order valence-corrected chi connectivity index (χ1v) is 10.4. The van der Waals surface area contributed by atoms with E-state index in [-0.39, 0.29) is 23.9 Å². The highest BCUT2D eigenvalue weighted by Crippen LogP contribution is 2.39. The Bertz CT molecular complexity index is 982. The average Bonchev–Trinajstić information content (AvgIpc) is 3.36. The van der Waals surface area contributed by atoms with Crippen LogP contribution in [-0.2, 0) is 11.3 Å². The van der Waals surface area contributed by atoms with Crippen LogP contribution < -0.4 is 9.64 Å². The summed E-state index contributed by atoms with van der Waals surface area (Å²) >= 11 is 3.48. The number of urea groups is 1. The number of fused-ring (bicyclic) bond motifs is 3. The van der Waals surface area contributed by atoms with Crippen molar-refractivity contribution in [2.75, 3.05) is 11.5 Å². The Morgan fingerprint density at radius 1 is 1.21 bits per heavy atom. The van der Waals surface area contributed by atoms with E-state index in [0.717, 1.165) is 34.5 Å². The van der Waals surface area contributed by atoms with Crippen molar-refractivity contribution >= 4 is 33.7 Å². The third-order valence-electron chi connectivity index (χ3n) is 5.51. The van der Waals surface area contributed by atoms with Crippen LogP contribution in [0.25, 0.3) is 11.4 Å². The molecule has 146 valence electrons. The number of imide groups is 1. The first-order valence-electron chi connectivity index (χ1n) is 9.62. The number of benzene rings is 1. The first-order chi connectivity index (χ1) is 13.5. The Morgan fingerprint density at radius 2 is 2.00 bits per heavy atom. The second-order valence-electron chi connectivity index (χ2n) is 7.89. The molecule has 0 bridgehead atoms. The summed E-state index contributed by atoms with van der Waals surface area (Å²) in [5.74, 6) is 1.95. The second kappa shape index (κ2) is 6.34. The van der Waals surface area contributed by atoms with E-state index in [0.29, 0.717) is 19.0 Å². The standard InChI is InChI=1S/C20H21BrN4O3/c1-11(2)17-19(26)24(13-4-5-13)20(27)25(17)16-10-23-7-8-28-15-9-12(21)3-6-14(15)18(23)22-16/h3,6,9-11,13,17H,4-5,7-8H2,1-2H3/t17-/m0/s1. The molecule has 5 rings (SSSR count). The Kier molecular flexibility index (Phi) is 4.01. The van der Waals surface area contributed by atoms with Gasteiger partial charge in [0, 0.05) is 16.7 Å². The normalized spacial score (nSPS) is 21.6. The molecule has 1 aromatic carbocycles. The molecule has 1 aromatic heterocycles. The first kappa shape index (κ1) is 17.7. The molecule has 28 heavy (non-hydrogen) atoms. The molecule has 1 aliphatic carbocycles. The molecule has 1 saturated heterocycles. The number of hydrogen-bond acceptors (Lipinski definition) is 4. The lowest BCUT2D eigenvalue weighted by atomic mass is 10.0. The van der Waals surface area contributed by atoms with Gasteiger partial charge in [-0.3, -0.25) is 14.6 Å². The fourth-order valence-electron chi connectivity index (χ4n) is 4.03. The number of carbonyl (C=O) groups is 2. The van der Waals surface area contributed by atoms with Crippen LogP contribution in [0.1, 0.15) is 26.7 Å². The lowest BCUT2D eigenvalue weighted by Crippen LogP contribution is -2.39. The summed E-state index contributed by atoms with van der Waals surface area (Å²) in [5, 5.41) is 0. The predicted molar refractivity (Wildman–Crippen MR) is 107 cm³/mol. The van der Waals surface area contributed by atoms with E-state index in [1.54, 1.807) is 4.90 Å². The number of aromatic nitrogens is 2. The van der Waals surface area contributed by atoms with Crippen molar-refractivity contribution in [1.29, 1.82) is 0 Å². The fourth-order valence-corrected chi connectivity index (χ4v) is 4.37. The van der Waals surface area contributed by atoms with Crippen molar-refractivity contribution < 1.29 is 14.3 Å². The van der Waals surface area contributed by atoms with Gasteiger partial charge < -0.3 is 9.30 Å². The fraction of sp³-hybridized carbons (Fsp3) is 0.450. The maximum atomic E-state index is 13.1. The summed E-state index contributed by atoms with van der Waals surface area (Å²) in [5.41, 5.74) is 0.880. The summed E-state index contributed by atoms with van der Waals surface area (Å²) in [4.78, 5) is 33.9. The van der Waals surface area contributed by atoms with Gasteiger partial charge in [0.2, 0.25) is 0 Å². The number of carbonyl (C=O) groups excluding carboxylic acids is 2. The van der Waals surface area contributed by atoms with Crippen molar-refractivity contribution in [2.24, 2.45) is 5.92 Å². The van der Waals surface area contributed by atoms with Crippen molar-refractivity contribution in [3.63, 3.8) is 0 Å². The minimum Gasteiger partial charge on any atom is -0.491 e. The highest BCUT2D eigenvalue weighted by atomic mass is 79.9. The molecule has 2 fully saturated rings. The Morgan fingerprint density at radius 3 is 2.71 bits per heavy atom. The molecule has 7 nitrogen and oxygen atoms in total. The van der Waals surface area contributed by atoms with Crippen LogP contribution in [0, 0.1) is 5.92 Å². The summed E-state index contributed by atoms with van der Waals surface area (Å²) in [7, 11) is 0. The number of rotatable bonds is 3. The molecule has 8 heteroatoms. The third-order valence-corrected chi connectivity index (χ3v) is 6.00. The number of amides is 3. The van der Waals surface area contributed by atoms with E-state index in [2.05, 4.69) is 15.9 Å². The van der Waals surface area contributed by atoms with Gasteiger partial charge in [-0.05, 0) is 37.0 Å².